The minimum absolute atomic E-state index is 0. The molecule has 2 heterocycles. The van der Waals surface area contributed by atoms with Crippen molar-refractivity contribution in [3.63, 3.8) is 0 Å². The summed E-state index contributed by atoms with van der Waals surface area (Å²) in [6.45, 7) is 5.35. The summed E-state index contributed by atoms with van der Waals surface area (Å²) in [5.74, 6) is -1.32. The van der Waals surface area contributed by atoms with Gasteiger partial charge in [0.25, 0.3) is 5.91 Å². The van der Waals surface area contributed by atoms with Crippen molar-refractivity contribution in [3.05, 3.63) is 89.5 Å². The van der Waals surface area contributed by atoms with Crippen LogP contribution in [0.5, 0.6) is 5.75 Å². The first-order valence-corrected chi connectivity index (χ1v) is 15.3. The molecule has 0 spiro atoms. The van der Waals surface area contributed by atoms with Crippen molar-refractivity contribution in [1.82, 2.24) is 14.2 Å². The highest BCUT2D eigenvalue weighted by molar-refractivity contribution is 7.89. The molecule has 0 bridgehead atoms. The summed E-state index contributed by atoms with van der Waals surface area (Å²) < 4.78 is 54.0. The maximum atomic E-state index is 13.7. The number of ether oxygens (including phenoxy) is 2. The fraction of sp³-hybridized carbons (Fsp3) is 0.387. The molecule has 14 heteroatoms. The molecule has 1 amide bonds. The quantitative estimate of drug-likeness (QED) is 0.301. The van der Waals surface area contributed by atoms with Crippen molar-refractivity contribution < 1.29 is 31.9 Å². The van der Waals surface area contributed by atoms with E-state index in [0.717, 1.165) is 5.69 Å². The van der Waals surface area contributed by atoms with E-state index in [2.05, 4.69) is 4.98 Å². The number of aromatic nitrogens is 1. The maximum absolute atomic E-state index is 13.7. The number of amides is 1. The van der Waals surface area contributed by atoms with Crippen LogP contribution in [0, 0.1) is 18.7 Å². The molecule has 45 heavy (non-hydrogen) atoms. The Morgan fingerprint density at radius 2 is 1.71 bits per heavy atom. The van der Waals surface area contributed by atoms with Gasteiger partial charge in [0.05, 0.1) is 24.2 Å². The van der Waals surface area contributed by atoms with E-state index in [9.17, 15) is 22.4 Å². The molecule has 2 atom stereocenters. The number of aryl methyl sites for hydroxylation is 1. The third kappa shape index (κ3) is 8.71. The third-order valence-electron chi connectivity index (χ3n) is 7.26. The molecular formula is C31H39Cl2FN4O6S. The summed E-state index contributed by atoms with van der Waals surface area (Å²) in [5.41, 5.74) is 7.02. The van der Waals surface area contributed by atoms with Gasteiger partial charge in [-0.2, -0.15) is 4.31 Å². The second-order valence-corrected chi connectivity index (χ2v) is 13.2. The molecule has 246 valence electrons. The number of pyridine rings is 1. The molecule has 10 nitrogen and oxygen atoms in total. The van der Waals surface area contributed by atoms with Gasteiger partial charge in [0.15, 0.2) is 11.7 Å². The molecule has 1 aromatic heterocycles. The Bertz CT molecular complexity index is 1570. The molecule has 0 saturated carbocycles. The largest absolute Gasteiger partial charge is 0.478 e. The fourth-order valence-electron chi connectivity index (χ4n) is 4.75. The Labute approximate surface area is 276 Å². The SMILES string of the molecule is Cc1ccc(OC2(c3ccc(F)cc3)CN(S(=O)(=O)c3cccc(C[C@H](N)C(=O)OC(C(=O)N(C)C)C(C)C)c3)C2)cn1.Cl.Cl. The standard InChI is InChI=1S/C31H37FN4O6S.2ClH/c1-20(2)28(29(37)35(4)5)41-30(38)27(33)16-22-7-6-8-26(15-22)43(39,40)36-18-31(19-36,23-10-12-24(32)13-11-23)42-25-14-9-21(3)34-17-25;;/h6-15,17,20,27-28H,16,18-19,33H2,1-5H3;2*1H/t27-,28?;;/m0../s1. The molecule has 1 saturated heterocycles. The van der Waals surface area contributed by atoms with E-state index in [1.165, 1.54) is 33.5 Å². The van der Waals surface area contributed by atoms with Crippen LogP contribution in [0.1, 0.15) is 30.7 Å². The summed E-state index contributed by atoms with van der Waals surface area (Å²) in [6, 6.07) is 14.4. The maximum Gasteiger partial charge on any atom is 0.324 e. The lowest BCUT2D eigenvalue weighted by atomic mass is 9.87. The highest BCUT2D eigenvalue weighted by atomic mass is 35.5. The molecule has 2 N–H and O–H groups in total. The van der Waals surface area contributed by atoms with E-state index in [1.54, 1.807) is 70.5 Å². The van der Waals surface area contributed by atoms with Gasteiger partial charge in [0.2, 0.25) is 10.0 Å². The van der Waals surface area contributed by atoms with Crippen LogP contribution < -0.4 is 10.5 Å². The normalized spacial score (nSPS) is 15.5. The van der Waals surface area contributed by atoms with E-state index in [-0.39, 0.29) is 61.0 Å². The number of hydrogen-bond donors (Lipinski definition) is 1. The summed E-state index contributed by atoms with van der Waals surface area (Å²) in [6.07, 6.45) is 0.590. The number of esters is 1. The zero-order valence-corrected chi connectivity index (χ0v) is 28.1. The van der Waals surface area contributed by atoms with Gasteiger partial charge in [0, 0.05) is 19.8 Å². The number of benzene rings is 2. The number of hydrogen-bond acceptors (Lipinski definition) is 8. The Kier molecular flexibility index (Phi) is 12.9. The monoisotopic (exact) mass is 684 g/mol. The van der Waals surface area contributed by atoms with Gasteiger partial charge in [0.1, 0.15) is 17.6 Å². The molecule has 1 unspecified atom stereocenters. The lowest BCUT2D eigenvalue weighted by Gasteiger charge is -2.48. The number of carbonyl (C=O) groups excluding carboxylic acids is 2. The summed E-state index contributed by atoms with van der Waals surface area (Å²) >= 11 is 0. The topological polar surface area (TPSA) is 132 Å². The zero-order chi connectivity index (χ0) is 31.5. The van der Waals surface area contributed by atoms with Gasteiger partial charge in [-0.15, -0.1) is 24.8 Å². The zero-order valence-electron chi connectivity index (χ0n) is 25.7. The third-order valence-corrected chi connectivity index (χ3v) is 9.05. The number of halogens is 3. The van der Waals surface area contributed by atoms with Crippen molar-refractivity contribution in [2.45, 2.75) is 49.8 Å². The van der Waals surface area contributed by atoms with Crippen molar-refractivity contribution in [2.75, 3.05) is 27.2 Å². The van der Waals surface area contributed by atoms with Crippen LogP contribution in [-0.4, -0.2) is 73.8 Å². The second kappa shape index (κ2) is 15.3. The number of nitrogens with zero attached hydrogens (tertiary/aromatic N) is 3. The molecule has 2 aromatic carbocycles. The van der Waals surface area contributed by atoms with Crippen molar-refractivity contribution in [2.24, 2.45) is 11.7 Å². The molecular weight excluding hydrogens is 646 g/mol. The highest BCUT2D eigenvalue weighted by Crippen LogP contribution is 2.40. The van der Waals surface area contributed by atoms with Crippen LogP contribution >= 0.6 is 24.8 Å². The second-order valence-electron chi connectivity index (χ2n) is 11.3. The average molecular weight is 686 g/mol. The summed E-state index contributed by atoms with van der Waals surface area (Å²) in [5, 5.41) is 0. The lowest BCUT2D eigenvalue weighted by Crippen LogP contribution is -2.64. The smallest absolute Gasteiger partial charge is 0.324 e. The molecule has 1 aliphatic heterocycles. The average Bonchev–Trinajstić information content (AvgIpc) is 2.94. The van der Waals surface area contributed by atoms with Gasteiger partial charge in [-0.25, -0.2) is 12.8 Å². The highest BCUT2D eigenvalue weighted by Gasteiger charge is 2.52. The Balaban J connectivity index is 0.00000353. The van der Waals surface area contributed by atoms with Crippen LogP contribution in [0.25, 0.3) is 0 Å². The van der Waals surface area contributed by atoms with Crippen LogP contribution in [-0.2, 0) is 36.4 Å². The van der Waals surface area contributed by atoms with E-state index < -0.39 is 39.6 Å². The number of sulfonamides is 1. The Morgan fingerprint density at radius 1 is 1.07 bits per heavy atom. The lowest BCUT2D eigenvalue weighted by molar-refractivity contribution is -0.163. The van der Waals surface area contributed by atoms with Gasteiger partial charge in [-0.05, 0) is 66.8 Å². The molecule has 1 aliphatic rings. The van der Waals surface area contributed by atoms with Crippen LogP contribution in [0.2, 0.25) is 0 Å². The van der Waals surface area contributed by atoms with E-state index in [1.807, 2.05) is 6.92 Å². The minimum Gasteiger partial charge on any atom is -0.478 e. The van der Waals surface area contributed by atoms with Crippen molar-refractivity contribution in [3.8, 4) is 5.75 Å². The number of nitrogens with two attached hydrogens (primary N) is 1. The molecule has 0 radical (unpaired) electrons. The fourth-order valence-corrected chi connectivity index (χ4v) is 6.36. The minimum atomic E-state index is -3.96. The van der Waals surface area contributed by atoms with E-state index in [0.29, 0.717) is 16.9 Å². The molecule has 4 rings (SSSR count). The summed E-state index contributed by atoms with van der Waals surface area (Å²) in [4.78, 5) is 30.8. The first-order valence-electron chi connectivity index (χ1n) is 13.9. The Hall–Kier alpha value is -3.29. The molecule has 3 aromatic rings. The van der Waals surface area contributed by atoms with Crippen LogP contribution in [0.15, 0.2) is 71.8 Å². The number of likely N-dealkylation sites (N-methyl/N-ethyl adjacent to an activating group) is 1. The first kappa shape index (κ1) is 37.9. The number of rotatable bonds is 11. The Morgan fingerprint density at radius 3 is 2.27 bits per heavy atom. The van der Waals surface area contributed by atoms with Crippen molar-refractivity contribution in [1.29, 1.82) is 0 Å². The predicted octanol–water partition coefficient (Wildman–Crippen LogP) is 3.88. The first-order chi connectivity index (χ1) is 20.2. The molecule has 0 aliphatic carbocycles. The van der Waals surface area contributed by atoms with Gasteiger partial charge >= 0.3 is 5.97 Å². The summed E-state index contributed by atoms with van der Waals surface area (Å²) in [7, 11) is -0.813. The van der Waals surface area contributed by atoms with E-state index in [4.69, 9.17) is 15.2 Å². The van der Waals surface area contributed by atoms with Gasteiger partial charge in [-0.1, -0.05) is 38.1 Å². The predicted molar refractivity (Wildman–Crippen MR) is 172 cm³/mol. The van der Waals surface area contributed by atoms with Gasteiger partial charge in [-0.3, -0.25) is 14.6 Å². The van der Waals surface area contributed by atoms with E-state index >= 15 is 0 Å². The van der Waals surface area contributed by atoms with Crippen LogP contribution in [0.4, 0.5) is 4.39 Å². The van der Waals surface area contributed by atoms with Crippen LogP contribution in [0.3, 0.4) is 0 Å². The number of carbonyl (C=O) groups is 2. The van der Waals surface area contributed by atoms with Gasteiger partial charge < -0.3 is 20.1 Å². The van der Waals surface area contributed by atoms with Crippen molar-refractivity contribution >= 4 is 46.7 Å². The molecule has 1 fully saturated rings.